The summed E-state index contributed by atoms with van der Waals surface area (Å²) >= 11 is 0. The van der Waals surface area contributed by atoms with E-state index in [9.17, 15) is 9.90 Å². The third kappa shape index (κ3) is 2.04. The molecular weight excluding hydrogens is 246 g/mol. The fourth-order valence-corrected chi connectivity index (χ4v) is 2.59. The van der Waals surface area contributed by atoms with Crippen LogP contribution in [0.3, 0.4) is 0 Å². The molecule has 2 heterocycles. The first-order valence-corrected chi connectivity index (χ1v) is 6.39. The number of aliphatic carboxylic acids is 1. The molecule has 1 saturated heterocycles. The van der Waals surface area contributed by atoms with Crippen molar-refractivity contribution >= 4 is 11.7 Å². The molecule has 2 aliphatic heterocycles. The first-order valence-electron chi connectivity index (χ1n) is 6.39. The van der Waals surface area contributed by atoms with Gasteiger partial charge in [-0.1, -0.05) is 0 Å². The van der Waals surface area contributed by atoms with E-state index in [1.54, 1.807) is 0 Å². The molecule has 0 aromatic heterocycles. The van der Waals surface area contributed by atoms with E-state index in [0.29, 0.717) is 19.8 Å². The fraction of sp³-hybridized carbons (Fsp3) is 0.500. The number of anilines is 1. The van der Waals surface area contributed by atoms with Crippen LogP contribution in [0.5, 0.6) is 5.75 Å². The predicted octanol–water partition coefficient (Wildman–Crippen LogP) is 1.16. The zero-order valence-electron chi connectivity index (χ0n) is 10.9. The van der Waals surface area contributed by atoms with Crippen molar-refractivity contribution in [1.82, 2.24) is 0 Å². The number of rotatable bonds is 4. The number of benzene rings is 1. The van der Waals surface area contributed by atoms with Crippen LogP contribution in [0.15, 0.2) is 18.2 Å². The molecule has 0 spiro atoms. The summed E-state index contributed by atoms with van der Waals surface area (Å²) in [5, 5.41) is 9.31. The van der Waals surface area contributed by atoms with E-state index < -0.39 is 11.4 Å². The highest BCUT2D eigenvalue weighted by Gasteiger charge is 2.47. The molecular formula is C14H17NO4. The molecule has 3 rings (SSSR count). The molecule has 1 fully saturated rings. The predicted molar refractivity (Wildman–Crippen MR) is 69.8 cm³/mol. The van der Waals surface area contributed by atoms with Crippen LogP contribution < -0.4 is 9.64 Å². The first-order chi connectivity index (χ1) is 9.11. The first kappa shape index (κ1) is 12.3. The van der Waals surface area contributed by atoms with Crippen LogP contribution in [0.25, 0.3) is 0 Å². The molecule has 0 amide bonds. The molecule has 102 valence electrons. The van der Waals surface area contributed by atoms with E-state index >= 15 is 0 Å². The van der Waals surface area contributed by atoms with Crippen molar-refractivity contribution in [3.63, 3.8) is 0 Å². The Morgan fingerprint density at radius 3 is 2.89 bits per heavy atom. The van der Waals surface area contributed by atoms with Gasteiger partial charge < -0.3 is 19.5 Å². The number of carboxylic acids is 1. The Kier molecular flexibility index (Phi) is 2.86. The van der Waals surface area contributed by atoms with E-state index in [-0.39, 0.29) is 0 Å². The van der Waals surface area contributed by atoms with Gasteiger partial charge in [-0.25, -0.2) is 0 Å². The van der Waals surface area contributed by atoms with Gasteiger partial charge in [-0.05, 0) is 23.8 Å². The Hall–Kier alpha value is -1.75. The van der Waals surface area contributed by atoms with Gasteiger partial charge in [0.05, 0.1) is 19.8 Å². The lowest BCUT2D eigenvalue weighted by Crippen LogP contribution is -2.55. The van der Waals surface area contributed by atoms with Crippen molar-refractivity contribution in [3.8, 4) is 5.75 Å². The van der Waals surface area contributed by atoms with Gasteiger partial charge in [0.15, 0.2) is 0 Å². The maximum Gasteiger partial charge on any atom is 0.316 e. The highest BCUT2D eigenvalue weighted by molar-refractivity contribution is 5.77. The number of hydrogen-bond donors (Lipinski definition) is 1. The Balaban J connectivity index is 1.77. The van der Waals surface area contributed by atoms with Crippen molar-refractivity contribution in [2.75, 3.05) is 38.3 Å². The van der Waals surface area contributed by atoms with Gasteiger partial charge in [0, 0.05) is 25.7 Å². The molecule has 1 aromatic rings. The monoisotopic (exact) mass is 263 g/mol. The third-order valence-corrected chi connectivity index (χ3v) is 3.86. The minimum atomic E-state index is -0.782. The molecule has 2 aliphatic rings. The zero-order chi connectivity index (χ0) is 13.5. The largest absolute Gasteiger partial charge is 0.493 e. The fourth-order valence-electron chi connectivity index (χ4n) is 2.59. The van der Waals surface area contributed by atoms with Crippen LogP contribution in [0.1, 0.15) is 5.56 Å². The molecule has 0 radical (unpaired) electrons. The lowest BCUT2D eigenvalue weighted by molar-refractivity contribution is -0.177. The molecule has 0 bridgehead atoms. The van der Waals surface area contributed by atoms with Crippen LogP contribution in [0.2, 0.25) is 0 Å². The summed E-state index contributed by atoms with van der Waals surface area (Å²) in [6.45, 7) is 1.78. The number of carbonyl (C=O) groups is 1. The third-order valence-electron chi connectivity index (χ3n) is 3.86. The SMILES string of the molecule is CN(CC1(C(=O)O)COC1)c1ccc2c(c1)CCO2. The minimum Gasteiger partial charge on any atom is -0.493 e. The van der Waals surface area contributed by atoms with Crippen molar-refractivity contribution in [2.45, 2.75) is 6.42 Å². The Labute approximate surface area is 111 Å². The zero-order valence-corrected chi connectivity index (χ0v) is 10.9. The quantitative estimate of drug-likeness (QED) is 0.883. The molecule has 1 aromatic carbocycles. The van der Waals surface area contributed by atoms with E-state index in [4.69, 9.17) is 9.47 Å². The minimum absolute atomic E-state index is 0.292. The second-order valence-electron chi connectivity index (χ2n) is 5.32. The van der Waals surface area contributed by atoms with Crippen LogP contribution >= 0.6 is 0 Å². The summed E-state index contributed by atoms with van der Waals surface area (Å²) < 4.78 is 10.6. The second kappa shape index (κ2) is 4.42. The second-order valence-corrected chi connectivity index (χ2v) is 5.32. The topological polar surface area (TPSA) is 59.0 Å². The van der Waals surface area contributed by atoms with E-state index in [0.717, 1.165) is 24.5 Å². The normalized spacial score (nSPS) is 19.2. The van der Waals surface area contributed by atoms with Crippen molar-refractivity contribution in [3.05, 3.63) is 23.8 Å². The standard InChI is InChI=1S/C14H17NO4/c1-15(7-14(13(16)17)8-18-9-14)11-2-3-12-10(6-11)4-5-19-12/h2-3,6H,4-5,7-9H2,1H3,(H,16,17). The maximum absolute atomic E-state index is 11.3. The van der Waals surface area contributed by atoms with E-state index in [2.05, 4.69) is 6.07 Å². The molecule has 0 saturated carbocycles. The van der Waals surface area contributed by atoms with E-state index in [1.165, 1.54) is 5.56 Å². The van der Waals surface area contributed by atoms with Crippen LogP contribution in [0, 0.1) is 5.41 Å². The summed E-state index contributed by atoms with van der Waals surface area (Å²) in [5.41, 5.74) is 1.46. The van der Waals surface area contributed by atoms with Gasteiger partial charge in [-0.3, -0.25) is 4.79 Å². The molecule has 5 heteroatoms. The summed E-state index contributed by atoms with van der Waals surface area (Å²) in [5.74, 6) is 0.159. The van der Waals surface area contributed by atoms with Gasteiger partial charge in [0.1, 0.15) is 11.2 Å². The number of nitrogens with zero attached hydrogens (tertiary/aromatic N) is 1. The molecule has 0 aliphatic carbocycles. The lowest BCUT2D eigenvalue weighted by Gasteiger charge is -2.40. The highest BCUT2D eigenvalue weighted by Crippen LogP contribution is 2.33. The van der Waals surface area contributed by atoms with Gasteiger partial charge >= 0.3 is 5.97 Å². The average Bonchev–Trinajstić information content (AvgIpc) is 2.79. The van der Waals surface area contributed by atoms with Gasteiger partial charge in [-0.15, -0.1) is 0 Å². The van der Waals surface area contributed by atoms with Crippen molar-refractivity contribution < 1.29 is 19.4 Å². The number of fused-ring (bicyclic) bond motifs is 1. The molecule has 0 unspecified atom stereocenters. The Bertz CT molecular complexity index is 510. The van der Waals surface area contributed by atoms with Crippen molar-refractivity contribution in [2.24, 2.45) is 5.41 Å². The smallest absolute Gasteiger partial charge is 0.316 e. The highest BCUT2D eigenvalue weighted by atomic mass is 16.5. The van der Waals surface area contributed by atoms with Gasteiger partial charge in [0.2, 0.25) is 0 Å². The van der Waals surface area contributed by atoms with Gasteiger partial charge in [-0.2, -0.15) is 0 Å². The number of hydrogen-bond acceptors (Lipinski definition) is 4. The summed E-state index contributed by atoms with van der Waals surface area (Å²) in [6, 6.07) is 6.01. The Morgan fingerprint density at radius 2 is 2.26 bits per heavy atom. The number of carboxylic acid groups (broad SMARTS) is 1. The van der Waals surface area contributed by atoms with Crippen LogP contribution in [-0.4, -0.2) is 44.5 Å². The van der Waals surface area contributed by atoms with Gasteiger partial charge in [0.25, 0.3) is 0 Å². The molecule has 5 nitrogen and oxygen atoms in total. The average molecular weight is 263 g/mol. The summed E-state index contributed by atoms with van der Waals surface area (Å²) in [6.07, 6.45) is 0.921. The molecule has 1 N–H and O–H groups in total. The Morgan fingerprint density at radius 1 is 1.47 bits per heavy atom. The molecule has 19 heavy (non-hydrogen) atoms. The van der Waals surface area contributed by atoms with E-state index in [1.807, 2.05) is 24.1 Å². The van der Waals surface area contributed by atoms with Crippen molar-refractivity contribution in [1.29, 1.82) is 0 Å². The van der Waals surface area contributed by atoms with Crippen LogP contribution in [-0.2, 0) is 16.0 Å². The number of ether oxygens (including phenoxy) is 2. The summed E-state index contributed by atoms with van der Waals surface area (Å²) in [4.78, 5) is 13.3. The maximum atomic E-state index is 11.3. The lowest BCUT2D eigenvalue weighted by atomic mass is 9.85. The molecule has 0 atom stereocenters. The summed E-state index contributed by atoms with van der Waals surface area (Å²) in [7, 11) is 1.92. The van der Waals surface area contributed by atoms with Crippen LogP contribution in [0.4, 0.5) is 5.69 Å².